The van der Waals surface area contributed by atoms with Crippen LogP contribution in [-0.2, 0) is 36.4 Å². The van der Waals surface area contributed by atoms with Gasteiger partial charge in [-0.05, 0) is 59.7 Å². The molecule has 0 amide bonds. The van der Waals surface area contributed by atoms with E-state index in [0.29, 0.717) is 0 Å². The van der Waals surface area contributed by atoms with Crippen LogP contribution >= 0.6 is 0 Å². The molecule has 3 heterocycles. The molecule has 0 aliphatic heterocycles. The number of aryl methyl sites for hydroxylation is 6. The first-order chi connectivity index (χ1) is 13.3. The molecule has 8 heteroatoms. The summed E-state index contributed by atoms with van der Waals surface area (Å²) < 4.78 is 6.32. The van der Waals surface area contributed by atoms with E-state index < -0.39 is 0 Å². The topological polar surface area (TPSA) is 56.7 Å². The van der Waals surface area contributed by atoms with E-state index in [0.717, 1.165) is 56.4 Å². The van der Waals surface area contributed by atoms with Crippen molar-refractivity contribution in [3.05, 3.63) is 52.4 Å². The average molecular weight is 442 g/mol. The second-order valence-corrected chi connectivity index (χ2v) is 7.79. The molecule has 0 N–H and O–H groups in total. The Bertz CT molecular complexity index is 802. The Labute approximate surface area is 184 Å². The summed E-state index contributed by atoms with van der Waals surface area (Å²) in [6, 6.07) is 6.41. The van der Waals surface area contributed by atoms with Gasteiger partial charge < -0.3 is 0 Å². The van der Waals surface area contributed by atoms with Crippen molar-refractivity contribution in [2.75, 3.05) is 19.6 Å². The van der Waals surface area contributed by atoms with E-state index in [1.54, 1.807) is 0 Å². The normalized spacial score (nSPS) is 11.3. The molecule has 3 aromatic rings. The van der Waals surface area contributed by atoms with Crippen LogP contribution in [0.1, 0.15) is 34.2 Å². The summed E-state index contributed by atoms with van der Waals surface area (Å²) in [6.45, 7) is 18.1. The summed E-state index contributed by atoms with van der Waals surface area (Å²) >= 11 is 0. The quantitative estimate of drug-likeness (QED) is 0.512. The maximum atomic E-state index is 4.61. The van der Waals surface area contributed by atoms with Crippen LogP contribution in [0.25, 0.3) is 0 Å². The third-order valence-corrected chi connectivity index (χ3v) is 5.19. The Morgan fingerprint density at radius 1 is 0.586 bits per heavy atom. The molecular weight excluding hydrogens is 409 g/mol. The molecule has 0 saturated carbocycles. The SMILES string of the molecule is Cc1cc(C)n(CCN(CCn2nc(C)cc2C)CCn2nc(C)cc2C)n1.[Co+3]. The van der Waals surface area contributed by atoms with Crippen molar-refractivity contribution in [3.8, 4) is 0 Å². The summed E-state index contributed by atoms with van der Waals surface area (Å²) in [5, 5.41) is 13.8. The smallest absolute Gasteiger partial charge is 0.298 e. The van der Waals surface area contributed by atoms with Crippen molar-refractivity contribution in [2.24, 2.45) is 0 Å². The first-order valence-corrected chi connectivity index (χ1v) is 10.1. The molecule has 0 aliphatic rings. The largest absolute Gasteiger partial charge is 3.00 e. The van der Waals surface area contributed by atoms with Gasteiger partial charge in [0.25, 0.3) is 0 Å². The standard InChI is InChI=1S/C21H33N7.Co/c1-16-13-19(4)26(22-16)10-7-25(8-11-27-20(5)14-17(2)23-27)9-12-28-21(6)15-18(3)24-28;/h13-15H,7-12H2,1-6H3;/q;+3. The summed E-state index contributed by atoms with van der Waals surface area (Å²) in [7, 11) is 0. The minimum absolute atomic E-state index is 0. The molecule has 158 valence electrons. The molecule has 3 aromatic heterocycles. The van der Waals surface area contributed by atoms with E-state index in [9.17, 15) is 0 Å². The van der Waals surface area contributed by atoms with Crippen LogP contribution in [0, 0.1) is 41.5 Å². The van der Waals surface area contributed by atoms with E-state index >= 15 is 0 Å². The van der Waals surface area contributed by atoms with Crippen LogP contribution in [0.4, 0.5) is 0 Å². The molecule has 0 atom stereocenters. The maximum absolute atomic E-state index is 4.61. The predicted octanol–water partition coefficient (Wildman–Crippen LogP) is 2.83. The van der Waals surface area contributed by atoms with Crippen molar-refractivity contribution < 1.29 is 16.8 Å². The minimum atomic E-state index is 0. The zero-order valence-corrected chi connectivity index (χ0v) is 19.5. The molecule has 0 aromatic carbocycles. The molecule has 0 saturated heterocycles. The van der Waals surface area contributed by atoms with Gasteiger partial charge in [0.15, 0.2) is 0 Å². The second kappa shape index (κ2) is 10.2. The number of nitrogens with zero attached hydrogens (tertiary/aromatic N) is 7. The zero-order chi connectivity index (χ0) is 20.3. The third-order valence-electron chi connectivity index (χ3n) is 5.19. The van der Waals surface area contributed by atoms with Crippen molar-refractivity contribution in [3.63, 3.8) is 0 Å². The molecule has 0 fully saturated rings. The van der Waals surface area contributed by atoms with Gasteiger partial charge in [0.1, 0.15) is 0 Å². The predicted molar refractivity (Wildman–Crippen MR) is 112 cm³/mol. The zero-order valence-electron chi connectivity index (χ0n) is 18.4. The number of hydrogen-bond acceptors (Lipinski definition) is 4. The van der Waals surface area contributed by atoms with Crippen molar-refractivity contribution in [1.82, 2.24) is 34.2 Å². The first-order valence-electron chi connectivity index (χ1n) is 10.1. The molecule has 0 unspecified atom stereocenters. The van der Waals surface area contributed by atoms with Crippen molar-refractivity contribution in [1.29, 1.82) is 0 Å². The van der Waals surface area contributed by atoms with Crippen molar-refractivity contribution >= 4 is 0 Å². The van der Waals surface area contributed by atoms with Gasteiger partial charge in [-0.3, -0.25) is 18.9 Å². The Morgan fingerprint density at radius 3 is 1.07 bits per heavy atom. The molecular formula is C21H33CoN7+3. The fourth-order valence-electron chi connectivity index (χ4n) is 3.75. The van der Waals surface area contributed by atoms with E-state index in [2.05, 4.69) is 73.2 Å². The van der Waals surface area contributed by atoms with Crippen LogP contribution in [0.3, 0.4) is 0 Å². The fraction of sp³-hybridized carbons (Fsp3) is 0.571. The van der Waals surface area contributed by atoms with Gasteiger partial charge in [-0.15, -0.1) is 0 Å². The van der Waals surface area contributed by atoms with Gasteiger partial charge >= 0.3 is 16.8 Å². The molecule has 0 radical (unpaired) electrons. The van der Waals surface area contributed by atoms with E-state index in [1.807, 2.05) is 20.8 Å². The van der Waals surface area contributed by atoms with Crippen molar-refractivity contribution in [2.45, 2.75) is 61.2 Å². The van der Waals surface area contributed by atoms with Crippen LogP contribution in [0.5, 0.6) is 0 Å². The van der Waals surface area contributed by atoms with Gasteiger partial charge in [-0.2, -0.15) is 15.3 Å². The summed E-state index contributed by atoms with van der Waals surface area (Å²) in [6.07, 6.45) is 0. The molecule has 0 aliphatic carbocycles. The molecule has 0 spiro atoms. The molecule has 29 heavy (non-hydrogen) atoms. The second-order valence-electron chi connectivity index (χ2n) is 7.79. The Kier molecular flexibility index (Phi) is 8.24. The maximum Gasteiger partial charge on any atom is 3.00 e. The van der Waals surface area contributed by atoms with Crippen LogP contribution < -0.4 is 0 Å². The Hall–Kier alpha value is -1.90. The van der Waals surface area contributed by atoms with E-state index in [1.165, 1.54) is 17.1 Å². The summed E-state index contributed by atoms with van der Waals surface area (Å²) in [5.41, 5.74) is 6.89. The van der Waals surface area contributed by atoms with Crippen LogP contribution in [0.2, 0.25) is 0 Å². The van der Waals surface area contributed by atoms with E-state index in [-0.39, 0.29) is 16.8 Å². The van der Waals surface area contributed by atoms with Crippen LogP contribution in [-0.4, -0.2) is 53.9 Å². The van der Waals surface area contributed by atoms with E-state index in [4.69, 9.17) is 0 Å². The molecule has 3 rings (SSSR count). The number of aromatic nitrogens is 6. The van der Waals surface area contributed by atoms with Gasteiger partial charge in [0.2, 0.25) is 0 Å². The monoisotopic (exact) mass is 442 g/mol. The summed E-state index contributed by atoms with van der Waals surface area (Å²) in [5.74, 6) is 0. The van der Waals surface area contributed by atoms with Gasteiger partial charge in [0, 0.05) is 36.7 Å². The fourth-order valence-corrected chi connectivity index (χ4v) is 3.75. The van der Waals surface area contributed by atoms with Gasteiger partial charge in [0.05, 0.1) is 36.7 Å². The minimum Gasteiger partial charge on any atom is -0.298 e. The van der Waals surface area contributed by atoms with Gasteiger partial charge in [-0.1, -0.05) is 0 Å². The molecule has 7 nitrogen and oxygen atoms in total. The third kappa shape index (κ3) is 6.29. The Balaban J connectivity index is 0.00000300. The Morgan fingerprint density at radius 2 is 0.862 bits per heavy atom. The summed E-state index contributed by atoms with van der Waals surface area (Å²) in [4.78, 5) is 2.49. The number of hydrogen-bond donors (Lipinski definition) is 0. The van der Waals surface area contributed by atoms with Crippen LogP contribution in [0.15, 0.2) is 18.2 Å². The van der Waals surface area contributed by atoms with Gasteiger partial charge in [-0.25, -0.2) is 0 Å². The number of rotatable bonds is 9. The molecule has 0 bridgehead atoms. The first kappa shape index (κ1) is 23.4. The average Bonchev–Trinajstić information content (AvgIpc) is 3.23.